The molecular weight excluding hydrogens is 216 g/mol. The van der Waals surface area contributed by atoms with E-state index >= 15 is 0 Å². The first-order valence-corrected chi connectivity index (χ1v) is 5.76. The minimum atomic E-state index is -0.312. The fourth-order valence-corrected chi connectivity index (χ4v) is 1.96. The van der Waals surface area contributed by atoms with Gasteiger partial charge in [-0.25, -0.2) is 0 Å². The minimum absolute atomic E-state index is 0.312. The lowest BCUT2D eigenvalue weighted by molar-refractivity contribution is 0.203. The molecule has 0 aromatic heterocycles. The van der Waals surface area contributed by atoms with E-state index in [9.17, 15) is 5.11 Å². The standard InChI is InChI=1S/C11H13ClOS/c1-2-3-10(13)8-14-11-6-4-9(12)5-7-11/h2,4-7,10,13H,1,3,8H2. The number of hydrogen-bond donors (Lipinski definition) is 1. The average molecular weight is 229 g/mol. The van der Waals surface area contributed by atoms with Crippen molar-refractivity contribution in [3.05, 3.63) is 41.9 Å². The summed E-state index contributed by atoms with van der Waals surface area (Å²) in [7, 11) is 0. The van der Waals surface area contributed by atoms with Crippen LogP contribution in [0.3, 0.4) is 0 Å². The SMILES string of the molecule is C=CCC(O)CSc1ccc(Cl)cc1. The molecule has 76 valence electrons. The first-order chi connectivity index (χ1) is 6.72. The Morgan fingerprint density at radius 3 is 2.64 bits per heavy atom. The molecular formula is C11H13ClOS. The molecule has 0 saturated heterocycles. The van der Waals surface area contributed by atoms with Gasteiger partial charge < -0.3 is 5.11 Å². The number of halogens is 1. The van der Waals surface area contributed by atoms with E-state index in [4.69, 9.17) is 11.6 Å². The Morgan fingerprint density at radius 1 is 1.43 bits per heavy atom. The highest BCUT2D eigenvalue weighted by molar-refractivity contribution is 7.99. The van der Waals surface area contributed by atoms with Gasteiger partial charge in [0, 0.05) is 15.7 Å². The molecule has 1 rings (SSSR count). The van der Waals surface area contributed by atoms with E-state index in [0.29, 0.717) is 12.2 Å². The van der Waals surface area contributed by atoms with Crippen LogP contribution < -0.4 is 0 Å². The number of benzene rings is 1. The zero-order chi connectivity index (χ0) is 10.4. The Morgan fingerprint density at radius 2 is 2.07 bits per heavy atom. The van der Waals surface area contributed by atoms with Crippen LogP contribution in [0, 0.1) is 0 Å². The van der Waals surface area contributed by atoms with Crippen molar-refractivity contribution in [2.45, 2.75) is 17.4 Å². The van der Waals surface area contributed by atoms with Gasteiger partial charge in [0.05, 0.1) is 6.10 Å². The quantitative estimate of drug-likeness (QED) is 0.616. The number of thioether (sulfide) groups is 1. The third kappa shape index (κ3) is 4.18. The second-order valence-electron chi connectivity index (χ2n) is 2.94. The molecule has 1 aromatic carbocycles. The van der Waals surface area contributed by atoms with Crippen molar-refractivity contribution < 1.29 is 5.11 Å². The summed E-state index contributed by atoms with van der Waals surface area (Å²) in [5.41, 5.74) is 0. The molecule has 0 aliphatic carbocycles. The molecule has 1 aromatic rings. The number of hydrogen-bond acceptors (Lipinski definition) is 2. The average Bonchev–Trinajstić information content (AvgIpc) is 2.17. The van der Waals surface area contributed by atoms with E-state index < -0.39 is 0 Å². The smallest absolute Gasteiger partial charge is 0.0668 e. The molecule has 0 heterocycles. The fourth-order valence-electron chi connectivity index (χ4n) is 0.984. The van der Waals surface area contributed by atoms with E-state index in [0.717, 1.165) is 9.92 Å². The Hall–Kier alpha value is -0.440. The zero-order valence-electron chi connectivity index (χ0n) is 7.82. The summed E-state index contributed by atoms with van der Waals surface area (Å²) in [4.78, 5) is 1.12. The van der Waals surface area contributed by atoms with Gasteiger partial charge in [0.25, 0.3) is 0 Å². The molecule has 3 heteroatoms. The van der Waals surface area contributed by atoms with Crippen molar-refractivity contribution in [2.75, 3.05) is 5.75 Å². The maximum absolute atomic E-state index is 9.45. The highest BCUT2D eigenvalue weighted by atomic mass is 35.5. The van der Waals surface area contributed by atoms with E-state index in [1.807, 2.05) is 24.3 Å². The minimum Gasteiger partial charge on any atom is -0.392 e. The molecule has 0 radical (unpaired) electrons. The van der Waals surface area contributed by atoms with Gasteiger partial charge in [-0.05, 0) is 30.7 Å². The molecule has 0 fully saturated rings. The van der Waals surface area contributed by atoms with Gasteiger partial charge in [0.2, 0.25) is 0 Å². The van der Waals surface area contributed by atoms with Crippen LogP contribution in [0.25, 0.3) is 0 Å². The second kappa shape index (κ2) is 6.12. The topological polar surface area (TPSA) is 20.2 Å². The molecule has 1 nitrogen and oxygen atoms in total. The Bertz CT molecular complexity index is 284. The summed E-state index contributed by atoms with van der Waals surface area (Å²) in [5, 5.41) is 10.2. The molecule has 0 spiro atoms. The van der Waals surface area contributed by atoms with Crippen LogP contribution in [0.5, 0.6) is 0 Å². The molecule has 1 N–H and O–H groups in total. The summed E-state index contributed by atoms with van der Waals surface area (Å²) >= 11 is 7.37. The van der Waals surface area contributed by atoms with E-state index in [1.54, 1.807) is 17.8 Å². The van der Waals surface area contributed by atoms with Crippen molar-refractivity contribution in [1.82, 2.24) is 0 Å². The van der Waals surface area contributed by atoms with Crippen molar-refractivity contribution in [2.24, 2.45) is 0 Å². The van der Waals surface area contributed by atoms with Gasteiger partial charge in [-0.2, -0.15) is 0 Å². The second-order valence-corrected chi connectivity index (χ2v) is 4.47. The van der Waals surface area contributed by atoms with Crippen LogP contribution in [0.1, 0.15) is 6.42 Å². The van der Waals surface area contributed by atoms with Gasteiger partial charge in [-0.15, -0.1) is 18.3 Å². The molecule has 0 amide bonds. The Balaban J connectivity index is 2.37. The largest absolute Gasteiger partial charge is 0.392 e. The van der Waals surface area contributed by atoms with Crippen molar-refractivity contribution >= 4 is 23.4 Å². The van der Waals surface area contributed by atoms with Gasteiger partial charge in [0.1, 0.15) is 0 Å². The lowest BCUT2D eigenvalue weighted by atomic mass is 10.3. The molecule has 0 bridgehead atoms. The maximum Gasteiger partial charge on any atom is 0.0668 e. The van der Waals surface area contributed by atoms with Crippen LogP contribution in [-0.2, 0) is 0 Å². The van der Waals surface area contributed by atoms with Crippen molar-refractivity contribution in [3.8, 4) is 0 Å². The van der Waals surface area contributed by atoms with Crippen LogP contribution in [0.15, 0.2) is 41.8 Å². The third-order valence-corrected chi connectivity index (χ3v) is 3.10. The number of rotatable bonds is 5. The lowest BCUT2D eigenvalue weighted by Crippen LogP contribution is -2.07. The molecule has 0 aliphatic heterocycles. The van der Waals surface area contributed by atoms with Crippen LogP contribution >= 0.6 is 23.4 Å². The van der Waals surface area contributed by atoms with Gasteiger partial charge >= 0.3 is 0 Å². The molecule has 1 atom stereocenters. The number of aliphatic hydroxyl groups excluding tert-OH is 1. The van der Waals surface area contributed by atoms with Gasteiger partial charge in [0.15, 0.2) is 0 Å². The summed E-state index contributed by atoms with van der Waals surface area (Å²) in [6.07, 6.45) is 2.06. The van der Waals surface area contributed by atoms with Gasteiger partial charge in [-0.1, -0.05) is 17.7 Å². The Labute approximate surface area is 93.8 Å². The van der Waals surface area contributed by atoms with E-state index in [-0.39, 0.29) is 6.10 Å². The first kappa shape index (κ1) is 11.6. The van der Waals surface area contributed by atoms with Crippen molar-refractivity contribution in [1.29, 1.82) is 0 Å². The molecule has 14 heavy (non-hydrogen) atoms. The summed E-state index contributed by atoms with van der Waals surface area (Å²) in [6.45, 7) is 3.58. The summed E-state index contributed by atoms with van der Waals surface area (Å²) < 4.78 is 0. The van der Waals surface area contributed by atoms with Crippen LogP contribution in [-0.4, -0.2) is 17.0 Å². The van der Waals surface area contributed by atoms with Crippen LogP contribution in [0.2, 0.25) is 5.02 Å². The summed E-state index contributed by atoms with van der Waals surface area (Å²) in [6, 6.07) is 7.61. The normalized spacial score (nSPS) is 12.4. The highest BCUT2D eigenvalue weighted by Gasteiger charge is 2.02. The molecule has 0 aliphatic rings. The highest BCUT2D eigenvalue weighted by Crippen LogP contribution is 2.21. The number of aliphatic hydroxyl groups is 1. The van der Waals surface area contributed by atoms with E-state index in [1.165, 1.54) is 0 Å². The van der Waals surface area contributed by atoms with E-state index in [2.05, 4.69) is 6.58 Å². The van der Waals surface area contributed by atoms with Crippen LogP contribution in [0.4, 0.5) is 0 Å². The lowest BCUT2D eigenvalue weighted by Gasteiger charge is -2.06. The maximum atomic E-state index is 9.45. The zero-order valence-corrected chi connectivity index (χ0v) is 9.39. The molecule has 1 unspecified atom stereocenters. The third-order valence-electron chi connectivity index (χ3n) is 1.69. The monoisotopic (exact) mass is 228 g/mol. The summed E-state index contributed by atoms with van der Waals surface area (Å²) in [5.74, 6) is 0.688. The predicted octanol–water partition coefficient (Wildman–Crippen LogP) is 3.37. The van der Waals surface area contributed by atoms with Crippen molar-refractivity contribution in [3.63, 3.8) is 0 Å². The predicted molar refractivity (Wildman–Crippen MR) is 63.0 cm³/mol. The first-order valence-electron chi connectivity index (χ1n) is 4.39. The Kier molecular flexibility index (Phi) is 5.09. The van der Waals surface area contributed by atoms with Gasteiger partial charge in [-0.3, -0.25) is 0 Å². The molecule has 0 saturated carbocycles. The fraction of sp³-hybridized carbons (Fsp3) is 0.273.